The number of carbonyl (C=O) groups is 2. The third-order valence-electron chi connectivity index (χ3n) is 5.08. The number of likely N-dealkylation sites (N-methyl/N-ethyl adjacent to an activating group) is 1. The van der Waals surface area contributed by atoms with Crippen molar-refractivity contribution in [3.8, 4) is 0 Å². The predicted octanol–water partition coefficient (Wildman–Crippen LogP) is -0.124. The van der Waals surface area contributed by atoms with Crippen molar-refractivity contribution in [2.24, 2.45) is 11.8 Å². The molecule has 146 valence electrons. The van der Waals surface area contributed by atoms with E-state index in [2.05, 4.69) is 14.9 Å². The van der Waals surface area contributed by atoms with E-state index in [1.807, 2.05) is 19.4 Å². The lowest BCUT2D eigenvalue weighted by Crippen LogP contribution is -2.63. The largest absolute Gasteiger partial charge is 0.428 e. The Morgan fingerprint density at radius 3 is 2.93 bits per heavy atom. The van der Waals surface area contributed by atoms with Gasteiger partial charge in [-0.2, -0.15) is 0 Å². The van der Waals surface area contributed by atoms with E-state index in [4.69, 9.17) is 4.52 Å². The molecule has 0 aliphatic carbocycles. The van der Waals surface area contributed by atoms with E-state index in [1.54, 1.807) is 32.4 Å². The van der Waals surface area contributed by atoms with Gasteiger partial charge in [0.1, 0.15) is 19.7 Å². The minimum absolute atomic E-state index is 0.0264. The van der Waals surface area contributed by atoms with Gasteiger partial charge in [0.2, 0.25) is 5.91 Å². The summed E-state index contributed by atoms with van der Waals surface area (Å²) in [4.78, 5) is 36.0. The first-order chi connectivity index (χ1) is 12.9. The normalized spacial score (nSPS) is 26.0. The van der Waals surface area contributed by atoms with E-state index in [1.165, 1.54) is 4.90 Å². The molecular weight excluding hydrogens is 386 g/mol. The molecule has 5 atom stereocenters. The van der Waals surface area contributed by atoms with E-state index in [9.17, 15) is 14.7 Å². The van der Waals surface area contributed by atoms with Crippen LogP contribution in [0.15, 0.2) is 22.8 Å². The number of amides is 1. The van der Waals surface area contributed by atoms with Gasteiger partial charge in [-0.15, -0.1) is 11.3 Å². The van der Waals surface area contributed by atoms with Crippen LogP contribution in [0, 0.1) is 11.8 Å². The van der Waals surface area contributed by atoms with Crippen LogP contribution >= 0.6 is 20.3 Å². The molecule has 0 bridgehead atoms. The summed E-state index contributed by atoms with van der Waals surface area (Å²) >= 11 is 1.58. The van der Waals surface area contributed by atoms with Gasteiger partial charge in [0.05, 0.1) is 24.6 Å². The van der Waals surface area contributed by atoms with Gasteiger partial charge >= 0.3 is 5.97 Å². The first kappa shape index (κ1) is 20.4. The minimum atomic E-state index is -0.745. The molecule has 8 nitrogen and oxygen atoms in total. The Labute approximate surface area is 165 Å². The molecule has 1 aromatic rings. The maximum absolute atomic E-state index is 12.7. The molecule has 27 heavy (non-hydrogen) atoms. The Hall–Kier alpha value is -1.32. The van der Waals surface area contributed by atoms with Crippen molar-refractivity contribution in [3.63, 3.8) is 0 Å². The molecule has 3 heterocycles. The summed E-state index contributed by atoms with van der Waals surface area (Å²) in [7, 11) is 3.48. The Morgan fingerprint density at radius 1 is 1.59 bits per heavy atom. The molecular formula is C16H24BN4O4PS. The van der Waals surface area contributed by atoms with Gasteiger partial charge in [-0.25, -0.2) is 9.78 Å². The highest BCUT2D eigenvalue weighted by Crippen LogP contribution is 2.47. The first-order valence-corrected chi connectivity index (χ1v) is 10.6. The van der Waals surface area contributed by atoms with Gasteiger partial charge < -0.3 is 19.5 Å². The number of β-lactam (4-membered cyclic amide) rings is 1. The van der Waals surface area contributed by atoms with Crippen LogP contribution in [-0.2, 0) is 20.7 Å². The topological polar surface area (TPSA) is 95.0 Å². The fourth-order valence-electron chi connectivity index (χ4n) is 3.90. The predicted molar refractivity (Wildman–Crippen MR) is 107 cm³/mol. The molecule has 0 radical (unpaired) electrons. The zero-order valence-corrected chi connectivity index (χ0v) is 17.6. The third kappa shape index (κ3) is 3.82. The Bertz CT molecular complexity index is 745. The summed E-state index contributed by atoms with van der Waals surface area (Å²) in [6.45, 7) is 4.82. The second-order valence-electron chi connectivity index (χ2n) is 6.97. The van der Waals surface area contributed by atoms with Crippen LogP contribution in [0.4, 0.5) is 0 Å². The maximum atomic E-state index is 12.7. The van der Waals surface area contributed by atoms with Crippen LogP contribution in [0.3, 0.4) is 0 Å². The van der Waals surface area contributed by atoms with Crippen molar-refractivity contribution in [2.45, 2.75) is 32.5 Å². The summed E-state index contributed by atoms with van der Waals surface area (Å²) in [5.74, 6) is -1.20. The second-order valence-corrected chi connectivity index (χ2v) is 8.85. The molecule has 1 fully saturated rings. The van der Waals surface area contributed by atoms with Crippen molar-refractivity contribution in [3.05, 3.63) is 27.9 Å². The fraction of sp³-hybridized carbons (Fsp3) is 0.562. The first-order valence-electron chi connectivity index (χ1n) is 8.80. The Balaban J connectivity index is 1.85. The zero-order valence-electron chi connectivity index (χ0n) is 15.8. The summed E-state index contributed by atoms with van der Waals surface area (Å²) in [5, 5.41) is 12.9. The molecule has 1 saturated heterocycles. The standard InChI is InChI=1S/C16H24BN4O4PS/c1-8-10(6-20(3)7-11-18-4-5-27-11)14(16(24)25-26-19-17)21-13(8)12(9(2)22)15(21)23/h4-5,8-9,12-13,19,22,26H,6-7,17H2,1-3H3/t8-,9+,12+,13+/m0/s1. The summed E-state index contributed by atoms with van der Waals surface area (Å²) in [5.41, 5.74) is 1.21. The van der Waals surface area contributed by atoms with E-state index in [0.717, 1.165) is 10.6 Å². The highest BCUT2D eigenvalue weighted by molar-refractivity contribution is 7.32. The van der Waals surface area contributed by atoms with Crippen LogP contribution < -0.4 is 5.00 Å². The average Bonchev–Trinajstić information content (AvgIpc) is 3.19. The van der Waals surface area contributed by atoms with Crippen molar-refractivity contribution < 1.29 is 19.2 Å². The van der Waals surface area contributed by atoms with Gasteiger partial charge in [0.15, 0.2) is 7.98 Å². The molecule has 0 spiro atoms. The molecule has 2 N–H and O–H groups in total. The van der Waals surface area contributed by atoms with Crippen LogP contribution in [0.1, 0.15) is 18.9 Å². The molecule has 0 aromatic carbocycles. The second kappa shape index (κ2) is 8.37. The summed E-state index contributed by atoms with van der Waals surface area (Å²) in [6.07, 6.45) is 1.02. The van der Waals surface area contributed by atoms with Gasteiger partial charge in [-0.05, 0) is 19.5 Å². The van der Waals surface area contributed by atoms with E-state index < -0.39 is 18.0 Å². The maximum Gasteiger partial charge on any atom is 0.358 e. The van der Waals surface area contributed by atoms with Gasteiger partial charge in [0, 0.05) is 24.0 Å². The summed E-state index contributed by atoms with van der Waals surface area (Å²) in [6, 6.07) is -0.193. The van der Waals surface area contributed by atoms with Crippen LogP contribution in [-0.4, -0.2) is 65.5 Å². The van der Waals surface area contributed by atoms with Gasteiger partial charge in [-0.1, -0.05) is 6.92 Å². The molecule has 2 aliphatic rings. The van der Waals surface area contributed by atoms with Crippen LogP contribution in [0.5, 0.6) is 0 Å². The number of nitrogens with zero attached hydrogens (tertiary/aromatic N) is 3. The average molecular weight is 410 g/mol. The fourth-order valence-corrected chi connectivity index (χ4v) is 4.88. The van der Waals surface area contributed by atoms with E-state index in [0.29, 0.717) is 18.8 Å². The van der Waals surface area contributed by atoms with Crippen molar-refractivity contribution in [1.82, 2.24) is 19.8 Å². The van der Waals surface area contributed by atoms with E-state index in [-0.39, 0.29) is 26.8 Å². The number of thiazole rings is 1. The minimum Gasteiger partial charge on any atom is -0.428 e. The lowest BCUT2D eigenvalue weighted by molar-refractivity contribution is -0.162. The molecule has 0 saturated carbocycles. The summed E-state index contributed by atoms with van der Waals surface area (Å²) < 4.78 is 5.27. The number of hydrogen-bond acceptors (Lipinski definition) is 8. The third-order valence-corrected chi connectivity index (χ3v) is 6.34. The number of fused-ring (bicyclic) bond motifs is 1. The SMILES string of the molecule is BNPOC(=O)C1=C(CN(C)Cc2nccs2)[C@H](C)[C@@H]2[C@@H]([C@@H](C)O)C(=O)N12. The van der Waals surface area contributed by atoms with Crippen molar-refractivity contribution in [2.75, 3.05) is 13.6 Å². The van der Waals surface area contributed by atoms with Crippen LogP contribution in [0.2, 0.25) is 0 Å². The monoisotopic (exact) mass is 410 g/mol. The number of rotatable bonds is 8. The number of carbonyl (C=O) groups excluding carboxylic acids is 2. The molecule has 1 aromatic heterocycles. The smallest absolute Gasteiger partial charge is 0.358 e. The van der Waals surface area contributed by atoms with E-state index >= 15 is 0 Å². The molecule has 11 heteroatoms. The highest BCUT2D eigenvalue weighted by Gasteiger charge is 2.59. The van der Waals surface area contributed by atoms with Crippen LogP contribution in [0.25, 0.3) is 0 Å². The number of aromatic nitrogens is 1. The van der Waals surface area contributed by atoms with Gasteiger partial charge in [-0.3, -0.25) is 9.69 Å². The molecule has 1 unspecified atom stereocenters. The quantitative estimate of drug-likeness (QED) is 0.351. The number of aliphatic hydroxyl groups is 1. The lowest BCUT2D eigenvalue weighted by Gasteiger charge is -2.46. The number of nitrogens with one attached hydrogen (secondary N) is 1. The molecule has 2 aliphatic heterocycles. The number of hydrogen-bond donors (Lipinski definition) is 2. The van der Waals surface area contributed by atoms with Gasteiger partial charge in [0.25, 0.3) is 0 Å². The Kier molecular flexibility index (Phi) is 6.33. The van der Waals surface area contributed by atoms with Crippen molar-refractivity contribution >= 4 is 40.2 Å². The highest BCUT2D eigenvalue weighted by atomic mass is 32.1. The van der Waals surface area contributed by atoms with Crippen molar-refractivity contribution in [1.29, 1.82) is 0 Å². The Morgan fingerprint density at radius 2 is 2.33 bits per heavy atom. The number of aliphatic hydroxyl groups excluding tert-OH is 1. The molecule has 1 amide bonds. The molecule has 3 rings (SSSR count). The lowest BCUT2D eigenvalue weighted by atomic mass is 9.77. The zero-order chi connectivity index (χ0) is 19.7.